The Balaban J connectivity index is 2.62. The Hall–Kier alpha value is -0.810. The third-order valence-corrected chi connectivity index (χ3v) is 2.90. The standard InChI is InChI=1S/C13H25NO4/c1-12(2,3)18-11(16)14-9-10(17-7-6-15)8-13(14,4)5/h10,15H,6-9H2,1-5H3. The molecule has 0 aromatic heterocycles. The number of ether oxygens (including phenoxy) is 2. The van der Waals surface area contributed by atoms with Gasteiger partial charge in [-0.1, -0.05) is 0 Å². The second-order valence-corrected chi connectivity index (χ2v) is 6.32. The molecule has 0 radical (unpaired) electrons. The summed E-state index contributed by atoms with van der Waals surface area (Å²) in [5, 5.41) is 8.75. The molecule has 1 aliphatic heterocycles. The highest BCUT2D eigenvalue weighted by Gasteiger charge is 2.43. The van der Waals surface area contributed by atoms with Crippen molar-refractivity contribution in [3.05, 3.63) is 0 Å². The van der Waals surface area contributed by atoms with E-state index in [4.69, 9.17) is 14.6 Å². The molecular formula is C13H25NO4. The molecule has 1 aliphatic rings. The Morgan fingerprint density at radius 3 is 2.56 bits per heavy atom. The Bertz CT molecular complexity index is 296. The molecule has 1 fully saturated rings. The van der Waals surface area contributed by atoms with Crippen molar-refractivity contribution in [3.63, 3.8) is 0 Å². The number of carbonyl (C=O) groups is 1. The third kappa shape index (κ3) is 4.14. The molecule has 1 unspecified atom stereocenters. The van der Waals surface area contributed by atoms with Crippen LogP contribution in [0.4, 0.5) is 4.79 Å². The van der Waals surface area contributed by atoms with Crippen LogP contribution in [0.25, 0.3) is 0 Å². The van der Waals surface area contributed by atoms with Crippen molar-refractivity contribution >= 4 is 6.09 Å². The van der Waals surface area contributed by atoms with Gasteiger partial charge in [-0.15, -0.1) is 0 Å². The van der Waals surface area contributed by atoms with Crippen molar-refractivity contribution < 1.29 is 19.4 Å². The number of aliphatic hydroxyl groups is 1. The Morgan fingerprint density at radius 1 is 1.44 bits per heavy atom. The van der Waals surface area contributed by atoms with E-state index in [1.54, 1.807) is 4.90 Å². The quantitative estimate of drug-likeness (QED) is 0.839. The molecule has 0 aliphatic carbocycles. The van der Waals surface area contributed by atoms with E-state index in [0.717, 1.165) is 6.42 Å². The number of hydrogen-bond donors (Lipinski definition) is 1. The maximum absolute atomic E-state index is 12.1. The molecule has 106 valence electrons. The molecule has 18 heavy (non-hydrogen) atoms. The van der Waals surface area contributed by atoms with Gasteiger partial charge in [0.15, 0.2) is 0 Å². The molecule has 1 atom stereocenters. The Labute approximate surface area is 109 Å². The van der Waals surface area contributed by atoms with Crippen LogP contribution in [0.15, 0.2) is 0 Å². The minimum atomic E-state index is -0.489. The van der Waals surface area contributed by atoms with Gasteiger partial charge >= 0.3 is 6.09 Å². The molecule has 1 heterocycles. The van der Waals surface area contributed by atoms with Crippen LogP contribution in [0.2, 0.25) is 0 Å². The van der Waals surface area contributed by atoms with Gasteiger partial charge in [-0.05, 0) is 41.0 Å². The lowest BCUT2D eigenvalue weighted by Crippen LogP contribution is -2.45. The SMILES string of the molecule is CC(C)(C)OC(=O)N1CC(OCCO)CC1(C)C. The summed E-state index contributed by atoms with van der Waals surface area (Å²) in [6.45, 7) is 10.4. The molecular weight excluding hydrogens is 234 g/mol. The first-order valence-electron chi connectivity index (χ1n) is 6.39. The predicted octanol–water partition coefficient (Wildman–Crippen LogP) is 1.78. The number of likely N-dealkylation sites (tertiary alicyclic amines) is 1. The van der Waals surface area contributed by atoms with Crippen LogP contribution in [0.3, 0.4) is 0 Å². The highest BCUT2D eigenvalue weighted by atomic mass is 16.6. The molecule has 0 aromatic carbocycles. The maximum Gasteiger partial charge on any atom is 0.410 e. The minimum absolute atomic E-state index is 0.00334. The summed E-state index contributed by atoms with van der Waals surface area (Å²) in [6.07, 6.45) is 0.425. The molecule has 0 spiro atoms. The first-order chi connectivity index (χ1) is 8.15. The summed E-state index contributed by atoms with van der Waals surface area (Å²) >= 11 is 0. The maximum atomic E-state index is 12.1. The number of aliphatic hydroxyl groups excluding tert-OH is 1. The molecule has 5 heteroatoms. The molecule has 0 bridgehead atoms. The summed E-state index contributed by atoms with van der Waals surface area (Å²) in [4.78, 5) is 13.8. The summed E-state index contributed by atoms with van der Waals surface area (Å²) < 4.78 is 10.9. The second-order valence-electron chi connectivity index (χ2n) is 6.32. The van der Waals surface area contributed by atoms with Gasteiger partial charge < -0.3 is 19.5 Å². The van der Waals surface area contributed by atoms with Gasteiger partial charge in [-0.25, -0.2) is 4.79 Å². The fraction of sp³-hybridized carbons (Fsp3) is 0.923. The summed E-state index contributed by atoms with van der Waals surface area (Å²) in [7, 11) is 0. The smallest absolute Gasteiger partial charge is 0.410 e. The van der Waals surface area contributed by atoms with Crippen LogP contribution in [0.5, 0.6) is 0 Å². The van der Waals surface area contributed by atoms with Gasteiger partial charge in [-0.3, -0.25) is 0 Å². The van der Waals surface area contributed by atoms with Gasteiger partial charge in [0.05, 0.1) is 25.9 Å². The molecule has 0 saturated carbocycles. The average Bonchev–Trinajstić information content (AvgIpc) is 2.48. The van der Waals surface area contributed by atoms with Crippen LogP contribution in [0, 0.1) is 0 Å². The van der Waals surface area contributed by atoms with Crippen LogP contribution in [-0.4, -0.2) is 53.1 Å². The molecule has 0 aromatic rings. The van der Waals surface area contributed by atoms with Crippen LogP contribution < -0.4 is 0 Å². The second kappa shape index (κ2) is 5.45. The Morgan fingerprint density at radius 2 is 2.06 bits per heavy atom. The van der Waals surface area contributed by atoms with E-state index in [0.29, 0.717) is 13.2 Å². The Kier molecular flexibility index (Phi) is 4.61. The molecule has 1 saturated heterocycles. The van der Waals surface area contributed by atoms with E-state index in [-0.39, 0.29) is 24.3 Å². The summed E-state index contributed by atoms with van der Waals surface area (Å²) in [6, 6.07) is 0. The van der Waals surface area contributed by atoms with Crippen molar-refractivity contribution in [1.82, 2.24) is 4.90 Å². The lowest BCUT2D eigenvalue weighted by molar-refractivity contribution is 0.00826. The number of carbonyl (C=O) groups excluding carboxylic acids is 1. The van der Waals surface area contributed by atoms with Crippen molar-refractivity contribution in [2.75, 3.05) is 19.8 Å². The normalized spacial score (nSPS) is 23.2. The van der Waals surface area contributed by atoms with Crippen LogP contribution in [0.1, 0.15) is 41.0 Å². The van der Waals surface area contributed by atoms with Gasteiger partial charge in [0.1, 0.15) is 5.60 Å². The lowest BCUT2D eigenvalue weighted by Gasteiger charge is -2.33. The number of hydrogen-bond acceptors (Lipinski definition) is 4. The number of nitrogens with zero attached hydrogens (tertiary/aromatic N) is 1. The van der Waals surface area contributed by atoms with E-state index < -0.39 is 5.60 Å². The predicted molar refractivity (Wildman–Crippen MR) is 68.5 cm³/mol. The fourth-order valence-corrected chi connectivity index (χ4v) is 2.15. The van der Waals surface area contributed by atoms with E-state index in [9.17, 15) is 4.79 Å². The average molecular weight is 259 g/mol. The highest BCUT2D eigenvalue weighted by molar-refractivity contribution is 5.69. The summed E-state index contributed by atoms with van der Waals surface area (Å²) in [5.74, 6) is 0. The number of amides is 1. The zero-order valence-electron chi connectivity index (χ0n) is 12.0. The van der Waals surface area contributed by atoms with Gasteiger partial charge in [-0.2, -0.15) is 0 Å². The largest absolute Gasteiger partial charge is 0.444 e. The first-order valence-corrected chi connectivity index (χ1v) is 6.39. The van der Waals surface area contributed by atoms with Crippen molar-refractivity contribution in [3.8, 4) is 0 Å². The van der Waals surface area contributed by atoms with E-state index in [2.05, 4.69) is 0 Å². The van der Waals surface area contributed by atoms with Crippen LogP contribution in [-0.2, 0) is 9.47 Å². The zero-order chi connectivity index (χ0) is 14.0. The first kappa shape index (κ1) is 15.2. The van der Waals surface area contributed by atoms with Crippen LogP contribution >= 0.6 is 0 Å². The van der Waals surface area contributed by atoms with E-state index in [1.807, 2.05) is 34.6 Å². The third-order valence-electron chi connectivity index (χ3n) is 2.90. The zero-order valence-corrected chi connectivity index (χ0v) is 12.0. The molecule has 5 nitrogen and oxygen atoms in total. The molecule has 1 amide bonds. The highest BCUT2D eigenvalue weighted by Crippen LogP contribution is 2.31. The van der Waals surface area contributed by atoms with E-state index in [1.165, 1.54) is 0 Å². The monoisotopic (exact) mass is 259 g/mol. The summed E-state index contributed by atoms with van der Waals surface area (Å²) in [5.41, 5.74) is -0.764. The topological polar surface area (TPSA) is 59.0 Å². The van der Waals surface area contributed by atoms with Crippen molar-refractivity contribution in [1.29, 1.82) is 0 Å². The van der Waals surface area contributed by atoms with Crippen molar-refractivity contribution in [2.45, 2.75) is 58.3 Å². The van der Waals surface area contributed by atoms with Gasteiger partial charge in [0.2, 0.25) is 0 Å². The van der Waals surface area contributed by atoms with Crippen molar-refractivity contribution in [2.24, 2.45) is 0 Å². The minimum Gasteiger partial charge on any atom is -0.444 e. The molecule has 1 rings (SSSR count). The van der Waals surface area contributed by atoms with E-state index >= 15 is 0 Å². The lowest BCUT2D eigenvalue weighted by atomic mass is 10.0. The van der Waals surface area contributed by atoms with Gasteiger partial charge in [0, 0.05) is 5.54 Å². The number of rotatable bonds is 3. The van der Waals surface area contributed by atoms with Gasteiger partial charge in [0.25, 0.3) is 0 Å². The molecule has 1 N–H and O–H groups in total. The fourth-order valence-electron chi connectivity index (χ4n) is 2.15.